The van der Waals surface area contributed by atoms with Gasteiger partial charge in [-0.1, -0.05) is 45.9 Å². The molecular formula is C18H28N2. The van der Waals surface area contributed by atoms with Gasteiger partial charge in [0, 0.05) is 24.8 Å². The van der Waals surface area contributed by atoms with Crippen LogP contribution in [0.25, 0.3) is 0 Å². The predicted molar refractivity (Wildman–Crippen MR) is 87.1 cm³/mol. The van der Waals surface area contributed by atoms with E-state index in [1.54, 1.807) is 0 Å². The van der Waals surface area contributed by atoms with Crippen LogP contribution < -0.4 is 4.90 Å². The molecule has 1 saturated heterocycles. The highest BCUT2D eigenvalue weighted by atomic mass is 15.4. The summed E-state index contributed by atoms with van der Waals surface area (Å²) in [6.45, 7) is 19.2. The minimum atomic E-state index is 0.522. The molecule has 0 unspecified atom stereocenters. The van der Waals surface area contributed by atoms with Crippen molar-refractivity contribution in [2.45, 2.75) is 59.4 Å². The molecule has 0 bridgehead atoms. The van der Waals surface area contributed by atoms with Crippen molar-refractivity contribution in [2.24, 2.45) is 0 Å². The zero-order chi connectivity index (χ0) is 14.9. The SMILES string of the molecule is CC(C)c1cccc(C(C)C)c1N1[C]N(C(C)C)CC1. The van der Waals surface area contributed by atoms with E-state index in [1.807, 2.05) is 0 Å². The molecule has 2 nitrogen and oxygen atoms in total. The topological polar surface area (TPSA) is 6.48 Å². The minimum absolute atomic E-state index is 0.522. The van der Waals surface area contributed by atoms with Gasteiger partial charge in [0.25, 0.3) is 0 Å². The fourth-order valence-electron chi connectivity index (χ4n) is 2.82. The highest BCUT2D eigenvalue weighted by Gasteiger charge is 2.28. The van der Waals surface area contributed by atoms with E-state index < -0.39 is 0 Å². The fourth-order valence-corrected chi connectivity index (χ4v) is 2.82. The molecule has 0 saturated carbocycles. The number of hydrogen-bond donors (Lipinski definition) is 0. The summed E-state index contributed by atoms with van der Waals surface area (Å²) in [5.74, 6) is 1.08. The highest BCUT2D eigenvalue weighted by molar-refractivity contribution is 5.63. The lowest BCUT2D eigenvalue weighted by Crippen LogP contribution is -2.26. The Bertz CT molecular complexity index is 422. The van der Waals surface area contributed by atoms with Crippen molar-refractivity contribution in [1.29, 1.82) is 0 Å². The molecule has 1 aromatic rings. The largest absolute Gasteiger partial charge is 0.345 e. The summed E-state index contributed by atoms with van der Waals surface area (Å²) < 4.78 is 0. The second kappa shape index (κ2) is 6.17. The summed E-state index contributed by atoms with van der Waals surface area (Å²) in [5.41, 5.74) is 4.27. The molecule has 0 spiro atoms. The number of hydrogen-bond acceptors (Lipinski definition) is 2. The summed E-state index contributed by atoms with van der Waals surface area (Å²) in [6.07, 6.45) is 0. The van der Waals surface area contributed by atoms with Gasteiger partial charge in [-0.2, -0.15) is 0 Å². The van der Waals surface area contributed by atoms with Crippen LogP contribution >= 0.6 is 0 Å². The maximum Gasteiger partial charge on any atom is 0.177 e. The zero-order valence-electron chi connectivity index (χ0n) is 13.8. The van der Waals surface area contributed by atoms with Crippen molar-refractivity contribution in [2.75, 3.05) is 18.0 Å². The van der Waals surface area contributed by atoms with Crippen LogP contribution in [-0.4, -0.2) is 24.0 Å². The molecule has 2 rings (SSSR count). The number of anilines is 1. The molecule has 2 heteroatoms. The molecule has 1 fully saturated rings. The van der Waals surface area contributed by atoms with Crippen LogP contribution in [0.2, 0.25) is 0 Å². The second-order valence-corrected chi connectivity index (χ2v) is 6.63. The molecule has 0 aromatic heterocycles. The van der Waals surface area contributed by atoms with Crippen LogP contribution in [0.4, 0.5) is 5.69 Å². The highest BCUT2D eigenvalue weighted by Crippen LogP contribution is 2.37. The standard InChI is InChI=1S/C18H28N2/c1-13(2)16-8-7-9-17(14(3)4)18(16)20-11-10-19(12-20)15(5)6/h7-9,13-15H,10-11H2,1-6H3. The Labute approximate surface area is 124 Å². The number of rotatable bonds is 4. The molecule has 1 heterocycles. The Morgan fingerprint density at radius 3 is 1.85 bits per heavy atom. The summed E-state index contributed by atoms with van der Waals surface area (Å²) >= 11 is 0. The third-order valence-electron chi connectivity index (χ3n) is 4.05. The first-order valence-electron chi connectivity index (χ1n) is 7.85. The molecular weight excluding hydrogens is 244 g/mol. The van der Waals surface area contributed by atoms with E-state index >= 15 is 0 Å². The molecule has 2 radical (unpaired) electrons. The van der Waals surface area contributed by atoms with Gasteiger partial charge in [-0.05, 0) is 36.8 Å². The normalized spacial score (nSPS) is 16.9. The Balaban J connectivity index is 2.39. The Morgan fingerprint density at radius 1 is 0.900 bits per heavy atom. The average molecular weight is 272 g/mol. The lowest BCUT2D eigenvalue weighted by atomic mass is 9.92. The molecule has 110 valence electrons. The van der Waals surface area contributed by atoms with Gasteiger partial charge in [0.1, 0.15) is 0 Å². The molecule has 1 aliphatic rings. The van der Waals surface area contributed by atoms with Crippen molar-refractivity contribution in [3.8, 4) is 0 Å². The Hall–Kier alpha value is -1.02. The third-order valence-corrected chi connectivity index (χ3v) is 4.05. The van der Waals surface area contributed by atoms with Gasteiger partial charge in [-0.15, -0.1) is 0 Å². The van der Waals surface area contributed by atoms with Gasteiger partial charge in [0.05, 0.1) is 0 Å². The predicted octanol–water partition coefficient (Wildman–Crippen LogP) is 4.46. The van der Waals surface area contributed by atoms with Crippen LogP contribution in [0.1, 0.15) is 64.5 Å². The van der Waals surface area contributed by atoms with E-state index in [0.29, 0.717) is 17.9 Å². The zero-order valence-corrected chi connectivity index (χ0v) is 13.8. The van der Waals surface area contributed by atoms with E-state index in [2.05, 4.69) is 76.2 Å². The van der Waals surface area contributed by atoms with Gasteiger partial charge in [-0.3, -0.25) is 4.90 Å². The maximum atomic E-state index is 3.56. The molecule has 0 amide bonds. The van der Waals surface area contributed by atoms with E-state index in [-0.39, 0.29) is 0 Å². The van der Waals surface area contributed by atoms with Crippen LogP contribution in [0.15, 0.2) is 18.2 Å². The summed E-state index contributed by atoms with van der Waals surface area (Å²) in [4.78, 5) is 4.64. The summed E-state index contributed by atoms with van der Waals surface area (Å²) in [7, 11) is 0. The first-order chi connectivity index (χ1) is 9.41. The summed E-state index contributed by atoms with van der Waals surface area (Å²) in [6, 6.07) is 7.26. The first-order valence-corrected chi connectivity index (χ1v) is 7.85. The van der Waals surface area contributed by atoms with E-state index in [0.717, 1.165) is 13.1 Å². The second-order valence-electron chi connectivity index (χ2n) is 6.63. The van der Waals surface area contributed by atoms with Crippen molar-refractivity contribution < 1.29 is 0 Å². The Kier molecular flexibility index (Phi) is 4.74. The molecule has 1 aromatic carbocycles. The van der Waals surface area contributed by atoms with Crippen LogP contribution in [0, 0.1) is 6.67 Å². The third kappa shape index (κ3) is 3.01. The van der Waals surface area contributed by atoms with Crippen LogP contribution in [0.3, 0.4) is 0 Å². The van der Waals surface area contributed by atoms with Gasteiger partial charge >= 0.3 is 0 Å². The van der Waals surface area contributed by atoms with Crippen molar-refractivity contribution in [3.63, 3.8) is 0 Å². The molecule has 20 heavy (non-hydrogen) atoms. The van der Waals surface area contributed by atoms with Crippen molar-refractivity contribution >= 4 is 5.69 Å². The fraction of sp³-hybridized carbons (Fsp3) is 0.611. The van der Waals surface area contributed by atoms with Crippen molar-refractivity contribution in [3.05, 3.63) is 36.0 Å². The smallest absolute Gasteiger partial charge is 0.177 e. The lowest BCUT2D eigenvalue weighted by molar-refractivity contribution is 0.321. The first kappa shape index (κ1) is 15.4. The lowest BCUT2D eigenvalue weighted by Gasteiger charge is -2.27. The van der Waals surface area contributed by atoms with Gasteiger partial charge in [-0.25, -0.2) is 0 Å². The van der Waals surface area contributed by atoms with Gasteiger partial charge < -0.3 is 4.90 Å². The van der Waals surface area contributed by atoms with Crippen LogP contribution in [-0.2, 0) is 0 Å². The number of benzene rings is 1. The quantitative estimate of drug-likeness (QED) is 0.798. The molecule has 0 aliphatic carbocycles. The average Bonchev–Trinajstić information content (AvgIpc) is 2.87. The van der Waals surface area contributed by atoms with Gasteiger partial charge in [0.15, 0.2) is 6.67 Å². The van der Waals surface area contributed by atoms with E-state index in [9.17, 15) is 0 Å². The molecule has 1 aliphatic heterocycles. The van der Waals surface area contributed by atoms with Crippen LogP contribution in [0.5, 0.6) is 0 Å². The van der Waals surface area contributed by atoms with Crippen molar-refractivity contribution in [1.82, 2.24) is 4.90 Å². The van der Waals surface area contributed by atoms with E-state index in [4.69, 9.17) is 0 Å². The number of para-hydroxylation sites is 1. The monoisotopic (exact) mass is 272 g/mol. The molecule has 0 atom stereocenters. The van der Waals surface area contributed by atoms with E-state index in [1.165, 1.54) is 16.8 Å². The van der Waals surface area contributed by atoms with Gasteiger partial charge in [0.2, 0.25) is 0 Å². The number of nitrogens with zero attached hydrogens (tertiary/aromatic N) is 2. The maximum absolute atomic E-state index is 3.56. The Morgan fingerprint density at radius 2 is 1.45 bits per heavy atom. The minimum Gasteiger partial charge on any atom is -0.345 e. The summed E-state index contributed by atoms with van der Waals surface area (Å²) in [5, 5.41) is 0. The molecule has 0 N–H and O–H groups in total.